The van der Waals surface area contributed by atoms with E-state index in [0.717, 1.165) is 21.5 Å². The van der Waals surface area contributed by atoms with Gasteiger partial charge in [0.25, 0.3) is 0 Å². The van der Waals surface area contributed by atoms with Gasteiger partial charge in [-0.3, -0.25) is 0 Å². The molecule has 0 saturated heterocycles. The van der Waals surface area contributed by atoms with E-state index in [2.05, 4.69) is 0 Å². The van der Waals surface area contributed by atoms with Crippen LogP contribution in [0.25, 0.3) is 0 Å². The van der Waals surface area contributed by atoms with Crippen molar-refractivity contribution in [2.75, 3.05) is 20.2 Å². The lowest BCUT2D eigenvalue weighted by molar-refractivity contribution is 0.286. The molecule has 0 radical (unpaired) electrons. The smallest absolute Gasteiger partial charge is 0.245 e. The van der Waals surface area contributed by atoms with Gasteiger partial charge < -0.3 is 4.74 Å². The van der Waals surface area contributed by atoms with Crippen LogP contribution in [-0.2, 0) is 10.0 Å². The number of hydrogen-bond acceptors (Lipinski definition) is 3. The zero-order valence-corrected chi connectivity index (χ0v) is 14.2. The van der Waals surface area contributed by atoms with E-state index in [4.69, 9.17) is 4.74 Å². The molecule has 0 fully saturated rings. The number of rotatable bonds is 6. The highest BCUT2D eigenvalue weighted by Crippen LogP contribution is 2.19. The van der Waals surface area contributed by atoms with E-state index in [0.29, 0.717) is 5.75 Å². The standard InChI is InChI=1S/C17H20FNO3S/c1-13-10-14(2)12-15(11-13)22-9-8-19(3)23(20,21)17-7-5-4-6-16(17)18/h4-7,10-12H,8-9H2,1-3H3. The summed E-state index contributed by atoms with van der Waals surface area (Å²) in [6, 6.07) is 11.1. The van der Waals surface area contributed by atoms with Crippen molar-refractivity contribution in [1.82, 2.24) is 4.31 Å². The Balaban J connectivity index is 2.02. The van der Waals surface area contributed by atoms with E-state index in [-0.39, 0.29) is 18.0 Å². The summed E-state index contributed by atoms with van der Waals surface area (Å²) < 4.78 is 45.0. The number of hydrogen-bond donors (Lipinski definition) is 0. The highest BCUT2D eigenvalue weighted by molar-refractivity contribution is 7.89. The average molecular weight is 337 g/mol. The Kier molecular flexibility index (Phi) is 5.38. The number of ether oxygens (including phenoxy) is 1. The number of halogens is 1. The van der Waals surface area contributed by atoms with Gasteiger partial charge in [0.1, 0.15) is 23.1 Å². The highest BCUT2D eigenvalue weighted by atomic mass is 32.2. The Labute approximate surface area is 136 Å². The van der Waals surface area contributed by atoms with Crippen LogP contribution in [0.5, 0.6) is 5.75 Å². The molecule has 0 aliphatic rings. The lowest BCUT2D eigenvalue weighted by atomic mass is 10.1. The first-order chi connectivity index (χ1) is 10.8. The number of likely N-dealkylation sites (N-methyl/N-ethyl adjacent to an activating group) is 1. The number of sulfonamides is 1. The summed E-state index contributed by atoms with van der Waals surface area (Å²) in [7, 11) is -2.45. The van der Waals surface area contributed by atoms with Gasteiger partial charge in [0, 0.05) is 13.6 Å². The second-order valence-corrected chi connectivity index (χ2v) is 7.44. The minimum absolute atomic E-state index is 0.129. The number of aryl methyl sites for hydroxylation is 2. The van der Waals surface area contributed by atoms with Crippen molar-refractivity contribution in [1.29, 1.82) is 0 Å². The van der Waals surface area contributed by atoms with Gasteiger partial charge in [0.2, 0.25) is 10.0 Å². The van der Waals surface area contributed by atoms with Crippen molar-refractivity contribution in [2.24, 2.45) is 0 Å². The van der Waals surface area contributed by atoms with E-state index in [1.165, 1.54) is 25.2 Å². The molecular weight excluding hydrogens is 317 g/mol. The SMILES string of the molecule is Cc1cc(C)cc(OCCN(C)S(=O)(=O)c2ccccc2F)c1. The van der Waals surface area contributed by atoms with Gasteiger partial charge in [-0.25, -0.2) is 12.8 Å². The summed E-state index contributed by atoms with van der Waals surface area (Å²) in [5.41, 5.74) is 2.15. The van der Waals surface area contributed by atoms with Crippen LogP contribution >= 0.6 is 0 Å². The summed E-state index contributed by atoms with van der Waals surface area (Å²) >= 11 is 0. The molecule has 0 spiro atoms. The normalized spacial score (nSPS) is 11.7. The van der Waals surface area contributed by atoms with E-state index >= 15 is 0 Å². The average Bonchev–Trinajstić information content (AvgIpc) is 2.46. The zero-order chi connectivity index (χ0) is 17.0. The number of nitrogens with zero attached hydrogens (tertiary/aromatic N) is 1. The van der Waals surface area contributed by atoms with Crippen LogP contribution in [0.4, 0.5) is 4.39 Å². The molecule has 0 bridgehead atoms. The summed E-state index contributed by atoms with van der Waals surface area (Å²) in [6.45, 7) is 4.25. The maximum atomic E-state index is 13.7. The van der Waals surface area contributed by atoms with Gasteiger partial charge in [-0.1, -0.05) is 18.2 Å². The van der Waals surface area contributed by atoms with Crippen molar-refractivity contribution in [3.05, 3.63) is 59.4 Å². The Morgan fingerprint density at radius 1 is 1.09 bits per heavy atom. The molecule has 0 aliphatic heterocycles. The third-order valence-corrected chi connectivity index (χ3v) is 5.29. The second kappa shape index (κ2) is 7.10. The molecule has 124 valence electrons. The van der Waals surface area contributed by atoms with E-state index in [1.54, 1.807) is 0 Å². The highest BCUT2D eigenvalue weighted by Gasteiger charge is 2.23. The first-order valence-electron chi connectivity index (χ1n) is 7.22. The van der Waals surface area contributed by atoms with Crippen LogP contribution in [0, 0.1) is 19.7 Å². The maximum absolute atomic E-state index is 13.7. The van der Waals surface area contributed by atoms with Crippen LogP contribution < -0.4 is 4.74 Å². The first-order valence-corrected chi connectivity index (χ1v) is 8.66. The molecule has 6 heteroatoms. The Morgan fingerprint density at radius 2 is 1.70 bits per heavy atom. The predicted molar refractivity (Wildman–Crippen MR) is 87.6 cm³/mol. The summed E-state index contributed by atoms with van der Waals surface area (Å²) in [4.78, 5) is -0.325. The van der Waals surface area contributed by atoms with Gasteiger partial charge in [0.05, 0.1) is 0 Å². The molecule has 2 rings (SSSR count). The van der Waals surface area contributed by atoms with Crippen molar-refractivity contribution in [2.45, 2.75) is 18.7 Å². The number of benzene rings is 2. The van der Waals surface area contributed by atoms with E-state index in [9.17, 15) is 12.8 Å². The molecular formula is C17H20FNO3S. The van der Waals surface area contributed by atoms with Crippen LogP contribution in [0.2, 0.25) is 0 Å². The Bertz CT molecular complexity index is 770. The molecule has 0 aromatic heterocycles. The molecule has 0 heterocycles. The molecule has 0 saturated carbocycles. The van der Waals surface area contributed by atoms with Crippen molar-refractivity contribution in [3.8, 4) is 5.75 Å². The predicted octanol–water partition coefficient (Wildman–Crippen LogP) is 3.14. The van der Waals surface area contributed by atoms with Gasteiger partial charge in [-0.15, -0.1) is 0 Å². The Morgan fingerprint density at radius 3 is 2.30 bits per heavy atom. The lowest BCUT2D eigenvalue weighted by Crippen LogP contribution is -2.31. The summed E-state index contributed by atoms with van der Waals surface area (Å²) in [5.74, 6) is -0.0613. The second-order valence-electron chi connectivity index (χ2n) is 5.43. The fourth-order valence-corrected chi connectivity index (χ4v) is 3.47. The molecule has 0 atom stereocenters. The molecule has 0 unspecified atom stereocenters. The third kappa shape index (κ3) is 4.30. The van der Waals surface area contributed by atoms with Gasteiger partial charge in [-0.2, -0.15) is 4.31 Å². The molecule has 2 aromatic carbocycles. The maximum Gasteiger partial charge on any atom is 0.245 e. The fraction of sp³-hybridized carbons (Fsp3) is 0.294. The topological polar surface area (TPSA) is 46.6 Å². The first kappa shape index (κ1) is 17.4. The van der Waals surface area contributed by atoms with Crippen molar-refractivity contribution >= 4 is 10.0 Å². The Hall–Kier alpha value is -1.92. The third-order valence-electron chi connectivity index (χ3n) is 3.39. The minimum atomic E-state index is -3.86. The molecule has 0 N–H and O–H groups in total. The van der Waals surface area contributed by atoms with Crippen molar-refractivity contribution < 1.29 is 17.5 Å². The monoisotopic (exact) mass is 337 g/mol. The van der Waals surface area contributed by atoms with E-state index in [1.807, 2.05) is 32.0 Å². The van der Waals surface area contributed by atoms with Gasteiger partial charge in [0.15, 0.2) is 0 Å². The van der Waals surface area contributed by atoms with Crippen LogP contribution in [0.1, 0.15) is 11.1 Å². The summed E-state index contributed by atoms with van der Waals surface area (Å²) in [5, 5.41) is 0. The van der Waals surface area contributed by atoms with Crippen LogP contribution in [0.3, 0.4) is 0 Å². The molecule has 0 aliphatic carbocycles. The van der Waals surface area contributed by atoms with Crippen molar-refractivity contribution in [3.63, 3.8) is 0 Å². The fourth-order valence-electron chi connectivity index (χ4n) is 2.25. The van der Waals surface area contributed by atoms with Crippen LogP contribution in [-0.4, -0.2) is 32.9 Å². The van der Waals surface area contributed by atoms with E-state index < -0.39 is 15.8 Å². The molecule has 23 heavy (non-hydrogen) atoms. The molecule has 0 amide bonds. The molecule has 2 aromatic rings. The lowest BCUT2D eigenvalue weighted by Gasteiger charge is -2.18. The minimum Gasteiger partial charge on any atom is -0.492 e. The van der Waals surface area contributed by atoms with Gasteiger partial charge >= 0.3 is 0 Å². The quantitative estimate of drug-likeness (QED) is 0.813. The molecule has 4 nitrogen and oxygen atoms in total. The largest absolute Gasteiger partial charge is 0.492 e. The zero-order valence-electron chi connectivity index (χ0n) is 13.4. The van der Waals surface area contributed by atoms with Crippen LogP contribution in [0.15, 0.2) is 47.4 Å². The summed E-state index contributed by atoms with van der Waals surface area (Å²) in [6.07, 6.45) is 0. The van der Waals surface area contributed by atoms with Gasteiger partial charge in [-0.05, 0) is 49.2 Å².